The van der Waals surface area contributed by atoms with E-state index in [1.165, 1.54) is 12.1 Å². The van der Waals surface area contributed by atoms with Gasteiger partial charge in [0.05, 0.1) is 12.3 Å². The van der Waals surface area contributed by atoms with Crippen LogP contribution in [0.3, 0.4) is 0 Å². The van der Waals surface area contributed by atoms with Gasteiger partial charge in [0.1, 0.15) is 23.3 Å². The van der Waals surface area contributed by atoms with E-state index in [-0.39, 0.29) is 5.82 Å². The van der Waals surface area contributed by atoms with Gasteiger partial charge >= 0.3 is 0 Å². The molecule has 0 aliphatic carbocycles. The van der Waals surface area contributed by atoms with Crippen LogP contribution >= 0.6 is 0 Å². The molecule has 0 amide bonds. The van der Waals surface area contributed by atoms with Crippen LogP contribution in [0.4, 0.5) is 16.0 Å². The molecule has 150 valence electrons. The SMILES string of the molecule is CCOc1ccc([C@H]2c3c(-c4ccc(F)cc4)n[nH]c(=O)c3Nc3nnnn32)cc1. The third-order valence-corrected chi connectivity index (χ3v) is 4.89. The van der Waals surface area contributed by atoms with E-state index in [0.29, 0.717) is 35.1 Å². The minimum atomic E-state index is -0.517. The average Bonchev–Trinajstić information content (AvgIpc) is 3.23. The lowest BCUT2D eigenvalue weighted by molar-refractivity contribution is 0.340. The quantitative estimate of drug-likeness (QED) is 0.473. The number of nitrogens with one attached hydrogen (secondary N) is 2. The smallest absolute Gasteiger partial charge is 0.288 e. The number of anilines is 2. The Labute approximate surface area is 169 Å². The van der Waals surface area contributed by atoms with Crippen molar-refractivity contribution in [2.24, 2.45) is 0 Å². The highest BCUT2D eigenvalue weighted by Crippen LogP contribution is 2.41. The summed E-state index contributed by atoms with van der Waals surface area (Å²) in [6.07, 6.45) is 0. The zero-order valence-electron chi connectivity index (χ0n) is 15.8. The Morgan fingerprint density at radius 3 is 2.63 bits per heavy atom. The molecule has 30 heavy (non-hydrogen) atoms. The molecule has 0 saturated heterocycles. The first kappa shape index (κ1) is 18.0. The number of hydrogen-bond donors (Lipinski definition) is 2. The molecule has 5 rings (SSSR count). The molecule has 2 N–H and O–H groups in total. The highest BCUT2D eigenvalue weighted by atomic mass is 19.1. The molecule has 1 aliphatic rings. The molecule has 0 bridgehead atoms. The Kier molecular flexibility index (Phi) is 4.24. The van der Waals surface area contributed by atoms with Gasteiger partial charge in [-0.15, -0.1) is 0 Å². The molecule has 3 heterocycles. The number of nitrogens with zero attached hydrogens (tertiary/aromatic N) is 5. The van der Waals surface area contributed by atoms with E-state index in [1.54, 1.807) is 16.8 Å². The fraction of sp³-hybridized carbons (Fsp3) is 0.150. The zero-order chi connectivity index (χ0) is 20.7. The number of halogens is 1. The fourth-order valence-electron chi connectivity index (χ4n) is 3.59. The van der Waals surface area contributed by atoms with Gasteiger partial charge in [0.15, 0.2) is 0 Å². The summed E-state index contributed by atoms with van der Waals surface area (Å²) in [5.74, 6) is 0.708. The molecule has 0 fully saturated rings. The number of tetrazole rings is 1. The van der Waals surface area contributed by atoms with Gasteiger partial charge in [-0.3, -0.25) is 4.79 Å². The first-order valence-corrected chi connectivity index (χ1v) is 9.32. The van der Waals surface area contributed by atoms with E-state index >= 15 is 0 Å². The van der Waals surface area contributed by atoms with Crippen molar-refractivity contribution in [3.8, 4) is 17.0 Å². The van der Waals surface area contributed by atoms with E-state index in [9.17, 15) is 9.18 Å². The normalized spacial score (nSPS) is 14.5. The molecule has 9 nitrogen and oxygen atoms in total. The summed E-state index contributed by atoms with van der Waals surface area (Å²) in [6.45, 7) is 2.47. The number of aromatic amines is 1. The second-order valence-corrected chi connectivity index (χ2v) is 6.67. The Hall–Kier alpha value is -4.08. The summed E-state index contributed by atoms with van der Waals surface area (Å²) in [7, 11) is 0. The number of fused-ring (bicyclic) bond motifs is 2. The van der Waals surface area contributed by atoms with Crippen LogP contribution in [-0.4, -0.2) is 37.0 Å². The van der Waals surface area contributed by atoms with Crippen molar-refractivity contribution in [2.75, 3.05) is 11.9 Å². The van der Waals surface area contributed by atoms with Gasteiger partial charge in [-0.2, -0.15) is 9.78 Å². The largest absolute Gasteiger partial charge is 0.494 e. The predicted molar refractivity (Wildman–Crippen MR) is 106 cm³/mol. The van der Waals surface area contributed by atoms with Crippen LogP contribution in [0.1, 0.15) is 24.1 Å². The van der Waals surface area contributed by atoms with Gasteiger partial charge in [0, 0.05) is 11.1 Å². The maximum atomic E-state index is 13.5. The lowest BCUT2D eigenvalue weighted by Crippen LogP contribution is -2.29. The third kappa shape index (κ3) is 2.89. The number of H-pyrrole nitrogens is 1. The van der Waals surface area contributed by atoms with Gasteiger partial charge in [0.25, 0.3) is 5.56 Å². The van der Waals surface area contributed by atoms with Crippen LogP contribution in [0.15, 0.2) is 53.3 Å². The first-order chi connectivity index (χ1) is 14.7. The Balaban J connectivity index is 1.74. The van der Waals surface area contributed by atoms with Crippen molar-refractivity contribution < 1.29 is 9.13 Å². The van der Waals surface area contributed by atoms with E-state index in [2.05, 4.69) is 31.0 Å². The van der Waals surface area contributed by atoms with Crippen molar-refractivity contribution in [3.05, 3.63) is 75.8 Å². The summed E-state index contributed by atoms with van der Waals surface area (Å²) in [5, 5.41) is 21.6. The highest BCUT2D eigenvalue weighted by molar-refractivity contribution is 5.75. The fourth-order valence-corrected chi connectivity index (χ4v) is 3.59. The summed E-state index contributed by atoms with van der Waals surface area (Å²) in [5.41, 5.74) is 2.47. The summed E-state index contributed by atoms with van der Waals surface area (Å²) in [6, 6.07) is 12.9. The second-order valence-electron chi connectivity index (χ2n) is 6.67. The van der Waals surface area contributed by atoms with Gasteiger partial charge in [0.2, 0.25) is 5.95 Å². The number of rotatable bonds is 4. The maximum Gasteiger partial charge on any atom is 0.288 e. The Bertz CT molecular complexity index is 1270. The molecule has 2 aromatic heterocycles. The summed E-state index contributed by atoms with van der Waals surface area (Å²) in [4.78, 5) is 12.6. The molecule has 0 saturated carbocycles. The van der Waals surface area contributed by atoms with Gasteiger partial charge < -0.3 is 10.1 Å². The Morgan fingerprint density at radius 1 is 1.13 bits per heavy atom. The standard InChI is InChI=1S/C20H16FN7O2/c1-2-30-14-9-5-12(6-10-14)18-15-16(11-3-7-13(21)8-4-11)23-24-19(29)17(15)22-20-25-26-27-28(18)20/h3-10,18H,2H2,1H3,(H,24,29)(H,22,25,27)/t18-/m0/s1. The van der Waals surface area contributed by atoms with E-state index in [0.717, 1.165) is 11.3 Å². The van der Waals surface area contributed by atoms with Crippen LogP contribution in [0, 0.1) is 5.82 Å². The highest BCUT2D eigenvalue weighted by Gasteiger charge is 2.34. The second kappa shape index (κ2) is 7.07. The summed E-state index contributed by atoms with van der Waals surface area (Å²) < 4.78 is 20.6. The van der Waals surface area contributed by atoms with Crippen LogP contribution in [0.25, 0.3) is 11.3 Å². The zero-order valence-corrected chi connectivity index (χ0v) is 15.8. The van der Waals surface area contributed by atoms with Gasteiger partial charge in [-0.25, -0.2) is 9.49 Å². The van der Waals surface area contributed by atoms with Crippen LogP contribution in [-0.2, 0) is 0 Å². The first-order valence-electron chi connectivity index (χ1n) is 9.32. The van der Waals surface area contributed by atoms with Crippen LogP contribution in [0.5, 0.6) is 5.75 Å². The topological polar surface area (TPSA) is 111 Å². The van der Waals surface area contributed by atoms with Crippen molar-refractivity contribution >= 4 is 11.6 Å². The molecule has 0 radical (unpaired) electrons. The Morgan fingerprint density at radius 2 is 1.90 bits per heavy atom. The molecule has 10 heteroatoms. The minimum Gasteiger partial charge on any atom is -0.494 e. The number of benzene rings is 2. The van der Waals surface area contributed by atoms with Crippen molar-refractivity contribution in [1.82, 2.24) is 30.4 Å². The number of aromatic nitrogens is 6. The van der Waals surface area contributed by atoms with Gasteiger partial charge in [-0.05, 0) is 59.3 Å². The third-order valence-electron chi connectivity index (χ3n) is 4.89. The van der Waals surface area contributed by atoms with Crippen molar-refractivity contribution in [1.29, 1.82) is 0 Å². The van der Waals surface area contributed by atoms with Crippen LogP contribution in [0.2, 0.25) is 0 Å². The predicted octanol–water partition coefficient (Wildman–Crippen LogP) is 2.66. The van der Waals surface area contributed by atoms with Crippen molar-refractivity contribution in [2.45, 2.75) is 13.0 Å². The monoisotopic (exact) mass is 405 g/mol. The van der Waals surface area contributed by atoms with E-state index < -0.39 is 11.6 Å². The van der Waals surface area contributed by atoms with E-state index in [1.807, 2.05) is 31.2 Å². The van der Waals surface area contributed by atoms with Crippen LogP contribution < -0.4 is 15.6 Å². The summed E-state index contributed by atoms with van der Waals surface area (Å²) >= 11 is 0. The minimum absolute atomic E-state index is 0.297. The molecule has 2 aromatic carbocycles. The van der Waals surface area contributed by atoms with E-state index in [4.69, 9.17) is 4.74 Å². The lowest BCUT2D eigenvalue weighted by Gasteiger charge is -2.27. The molecule has 1 aliphatic heterocycles. The lowest BCUT2D eigenvalue weighted by atomic mass is 9.92. The molecular formula is C20H16FN7O2. The number of hydrogen-bond acceptors (Lipinski definition) is 7. The molecule has 0 unspecified atom stereocenters. The average molecular weight is 405 g/mol. The maximum absolute atomic E-state index is 13.5. The number of ether oxygens (including phenoxy) is 1. The molecule has 4 aromatic rings. The molecular weight excluding hydrogens is 389 g/mol. The van der Waals surface area contributed by atoms with Crippen molar-refractivity contribution in [3.63, 3.8) is 0 Å². The van der Waals surface area contributed by atoms with Gasteiger partial charge in [-0.1, -0.05) is 17.2 Å². The molecule has 0 spiro atoms. The molecule has 1 atom stereocenters.